The molecule has 0 spiro atoms. The molecular weight excluding hydrogens is 526 g/mol. The van der Waals surface area contributed by atoms with Crippen molar-refractivity contribution in [3.63, 3.8) is 0 Å². The van der Waals surface area contributed by atoms with Crippen LogP contribution in [0.4, 0.5) is 8.78 Å². The van der Waals surface area contributed by atoms with Crippen molar-refractivity contribution in [3.05, 3.63) is 94.7 Å². The monoisotopic (exact) mass is 558 g/mol. The van der Waals surface area contributed by atoms with Gasteiger partial charge in [0.1, 0.15) is 11.9 Å². The zero-order valence-electron chi connectivity index (χ0n) is 23.1. The number of aliphatic imine (C=N–C) groups is 1. The van der Waals surface area contributed by atoms with Crippen LogP contribution in [0.2, 0.25) is 0 Å². The largest absolute Gasteiger partial charge is 0.456 e. The van der Waals surface area contributed by atoms with E-state index >= 15 is 0 Å². The molecule has 1 saturated heterocycles. The molecule has 41 heavy (non-hydrogen) atoms. The number of fused-ring (bicyclic) bond motifs is 2. The van der Waals surface area contributed by atoms with Gasteiger partial charge in [-0.3, -0.25) is 14.6 Å². The molecule has 0 radical (unpaired) electrons. The lowest BCUT2D eigenvalue weighted by molar-refractivity contribution is -0.144. The number of hydrogen-bond acceptors (Lipinski definition) is 5. The predicted molar refractivity (Wildman–Crippen MR) is 152 cm³/mol. The number of rotatable bonds is 6. The number of piperidine rings is 1. The summed E-state index contributed by atoms with van der Waals surface area (Å²) in [6, 6.07) is 15.4. The van der Waals surface area contributed by atoms with E-state index in [-0.39, 0.29) is 23.5 Å². The molecule has 0 bridgehead atoms. The summed E-state index contributed by atoms with van der Waals surface area (Å²) in [5.41, 5.74) is 6.55. The van der Waals surface area contributed by atoms with Gasteiger partial charge in [0.05, 0.1) is 11.4 Å². The highest BCUT2D eigenvalue weighted by atomic mass is 19.3. The number of amides is 1. The minimum atomic E-state index is -2.94. The molecule has 2 unspecified atom stereocenters. The van der Waals surface area contributed by atoms with Gasteiger partial charge in [-0.2, -0.15) is 8.78 Å². The topological polar surface area (TPSA) is 68.2 Å². The lowest BCUT2D eigenvalue weighted by Gasteiger charge is -2.31. The number of ether oxygens (including phenoxy) is 2. The Bertz CT molecular complexity index is 1480. The minimum absolute atomic E-state index is 0.122. The summed E-state index contributed by atoms with van der Waals surface area (Å²) in [5.74, 6) is -0.167. The van der Waals surface area contributed by atoms with E-state index in [4.69, 9.17) is 14.5 Å². The third-order valence-electron chi connectivity index (χ3n) is 8.58. The highest BCUT2D eigenvalue weighted by molar-refractivity contribution is 6.08. The van der Waals surface area contributed by atoms with E-state index in [9.17, 15) is 18.4 Å². The Morgan fingerprint density at radius 2 is 1.73 bits per heavy atom. The number of alkyl halides is 2. The van der Waals surface area contributed by atoms with Crippen molar-refractivity contribution in [2.45, 2.75) is 57.7 Å². The zero-order chi connectivity index (χ0) is 28.7. The lowest BCUT2D eigenvalue weighted by Crippen LogP contribution is -2.36. The van der Waals surface area contributed by atoms with Crippen molar-refractivity contribution in [2.24, 2.45) is 10.9 Å². The van der Waals surface area contributed by atoms with Crippen LogP contribution in [-0.4, -0.2) is 48.3 Å². The normalized spacial score (nSPS) is 23.7. The fourth-order valence-electron chi connectivity index (χ4n) is 6.66. The number of carbonyl (C=O) groups is 2. The number of para-hydroxylation sites is 1. The molecule has 6 nitrogen and oxygen atoms in total. The van der Waals surface area contributed by atoms with E-state index in [2.05, 4.69) is 30.3 Å². The van der Waals surface area contributed by atoms with E-state index in [1.807, 2.05) is 17.1 Å². The maximum absolute atomic E-state index is 13.2. The predicted octanol–water partition coefficient (Wildman–Crippen LogP) is 6.41. The highest BCUT2D eigenvalue weighted by Crippen LogP contribution is 2.52. The third-order valence-corrected chi connectivity index (χ3v) is 8.58. The minimum Gasteiger partial charge on any atom is -0.456 e. The number of hydrogen-bond donors (Lipinski definition) is 0. The van der Waals surface area contributed by atoms with Crippen LogP contribution >= 0.6 is 0 Å². The van der Waals surface area contributed by atoms with Crippen LogP contribution < -0.4 is 4.74 Å². The molecular formula is C33H32F2N2O4. The SMILES string of the molecule is CC(=O)O[C@@H]1CC(c2ccccc2OC(F)F)C2=C1N=C1C=CC(c3ccc(C4CCN(C(C)=O)CC4)cc3)=CC12. The summed E-state index contributed by atoms with van der Waals surface area (Å²) in [6.45, 7) is 1.63. The molecule has 0 N–H and O–H groups in total. The van der Waals surface area contributed by atoms with Crippen LogP contribution in [0.5, 0.6) is 5.75 Å². The fraction of sp³-hybridized carbons (Fsp3) is 0.364. The molecule has 2 aliphatic heterocycles. The van der Waals surface area contributed by atoms with Crippen molar-refractivity contribution in [2.75, 3.05) is 13.1 Å². The number of halogens is 2. The van der Waals surface area contributed by atoms with Crippen molar-refractivity contribution in [1.29, 1.82) is 0 Å². The van der Waals surface area contributed by atoms with Gasteiger partial charge in [0.2, 0.25) is 5.91 Å². The zero-order valence-corrected chi connectivity index (χ0v) is 23.1. The standard InChI is InChI=1S/C33H32F2N2O4/c1-19(38)37-15-13-23(14-16-37)21-7-9-22(10-8-21)24-11-12-28-27(17-24)31-26(18-30(32(31)36-28)40-20(2)39)25-5-3-4-6-29(25)41-33(34)35/h3-12,17,23,26-27,30,33H,13-16,18H2,1-2H3/t26?,27?,30-/m1/s1. The molecule has 1 amide bonds. The van der Waals surface area contributed by atoms with E-state index in [1.54, 1.807) is 31.2 Å². The number of nitrogens with zero attached hydrogens (tertiary/aromatic N) is 2. The molecule has 0 saturated carbocycles. The third kappa shape index (κ3) is 5.35. The number of allylic oxidation sites excluding steroid dienone is 5. The average molecular weight is 559 g/mol. The van der Waals surface area contributed by atoms with Gasteiger partial charge in [0.15, 0.2) is 0 Å². The van der Waals surface area contributed by atoms with Gasteiger partial charge in [-0.15, -0.1) is 0 Å². The van der Waals surface area contributed by atoms with Crippen LogP contribution in [-0.2, 0) is 14.3 Å². The number of benzene rings is 2. The van der Waals surface area contributed by atoms with Crippen molar-refractivity contribution < 1.29 is 27.8 Å². The van der Waals surface area contributed by atoms with Crippen LogP contribution in [0.25, 0.3) is 5.57 Å². The van der Waals surface area contributed by atoms with Gasteiger partial charge in [-0.1, -0.05) is 54.6 Å². The molecule has 2 aromatic rings. The molecule has 1 fully saturated rings. The Kier molecular flexibility index (Phi) is 7.32. The molecule has 2 aliphatic carbocycles. The maximum atomic E-state index is 13.2. The van der Waals surface area contributed by atoms with Crippen LogP contribution in [0.1, 0.15) is 61.6 Å². The average Bonchev–Trinajstić information content (AvgIpc) is 3.50. The second-order valence-corrected chi connectivity index (χ2v) is 11.0. The second-order valence-electron chi connectivity index (χ2n) is 11.0. The Morgan fingerprint density at radius 1 is 1.00 bits per heavy atom. The van der Waals surface area contributed by atoms with Gasteiger partial charge in [-0.05, 0) is 53.2 Å². The van der Waals surface area contributed by atoms with Crippen LogP contribution in [0.15, 0.2) is 83.0 Å². The second kappa shape index (κ2) is 11.1. The Balaban J connectivity index is 1.28. The summed E-state index contributed by atoms with van der Waals surface area (Å²) in [5, 5.41) is 0. The molecule has 6 rings (SSSR count). The van der Waals surface area contributed by atoms with Crippen molar-refractivity contribution in [1.82, 2.24) is 4.90 Å². The summed E-state index contributed by atoms with van der Waals surface area (Å²) in [7, 11) is 0. The Morgan fingerprint density at radius 3 is 2.41 bits per heavy atom. The molecule has 2 heterocycles. The molecule has 4 aliphatic rings. The first-order valence-electron chi connectivity index (χ1n) is 14.1. The first-order valence-corrected chi connectivity index (χ1v) is 14.1. The fourth-order valence-corrected chi connectivity index (χ4v) is 6.66. The van der Waals surface area contributed by atoms with Gasteiger partial charge in [0, 0.05) is 50.8 Å². The Labute approximate surface area is 238 Å². The maximum Gasteiger partial charge on any atom is 0.387 e. The summed E-state index contributed by atoms with van der Waals surface area (Å²) >= 11 is 0. The molecule has 0 aromatic heterocycles. The van der Waals surface area contributed by atoms with Crippen LogP contribution in [0.3, 0.4) is 0 Å². The molecule has 2 aromatic carbocycles. The summed E-state index contributed by atoms with van der Waals surface area (Å²) < 4.78 is 37.0. The number of esters is 1. The van der Waals surface area contributed by atoms with Crippen molar-refractivity contribution in [3.8, 4) is 5.75 Å². The first kappa shape index (κ1) is 27.1. The molecule has 8 heteroatoms. The summed E-state index contributed by atoms with van der Waals surface area (Å²) in [4.78, 5) is 30.4. The van der Waals surface area contributed by atoms with Crippen LogP contribution in [0, 0.1) is 5.92 Å². The van der Waals surface area contributed by atoms with Gasteiger partial charge >= 0.3 is 12.6 Å². The quantitative estimate of drug-likeness (QED) is 0.384. The highest BCUT2D eigenvalue weighted by Gasteiger charge is 2.45. The van der Waals surface area contributed by atoms with Gasteiger partial charge < -0.3 is 14.4 Å². The smallest absolute Gasteiger partial charge is 0.387 e. The summed E-state index contributed by atoms with van der Waals surface area (Å²) in [6.07, 6.45) is 8.00. The molecule has 212 valence electrons. The molecule has 3 atom stereocenters. The number of likely N-dealkylation sites (tertiary alicyclic amines) is 1. The van der Waals surface area contributed by atoms with E-state index in [0.717, 1.165) is 48.4 Å². The lowest BCUT2D eigenvalue weighted by atomic mass is 9.79. The first-order chi connectivity index (χ1) is 19.8. The van der Waals surface area contributed by atoms with Gasteiger partial charge in [0.25, 0.3) is 0 Å². The number of carbonyl (C=O) groups excluding carboxylic acids is 2. The van der Waals surface area contributed by atoms with Gasteiger partial charge in [-0.25, -0.2) is 0 Å². The van der Waals surface area contributed by atoms with E-state index < -0.39 is 18.7 Å². The van der Waals surface area contributed by atoms with E-state index in [0.29, 0.717) is 23.6 Å². The Hall–Kier alpha value is -4.07. The van der Waals surface area contributed by atoms with E-state index in [1.165, 1.54) is 12.5 Å². The van der Waals surface area contributed by atoms with Crippen molar-refractivity contribution >= 4 is 23.2 Å².